The zero-order chi connectivity index (χ0) is 22.8. The molecule has 0 saturated carbocycles. The van der Waals surface area contributed by atoms with E-state index in [1.807, 2.05) is 12.1 Å². The Labute approximate surface area is 191 Å². The van der Waals surface area contributed by atoms with Gasteiger partial charge in [-0.2, -0.15) is 0 Å². The second-order valence-corrected chi connectivity index (χ2v) is 8.06. The molecule has 0 fully saturated rings. The SMILES string of the molecule is CCOC(=O)Nc1ccc2c(CN3CCn4cccc4C3c3ccccc3)cc(=O)oc2c1. The quantitative estimate of drug-likeness (QED) is 0.450. The second-order valence-electron chi connectivity index (χ2n) is 8.06. The van der Waals surface area contributed by atoms with Gasteiger partial charge in [-0.15, -0.1) is 0 Å². The molecule has 2 aromatic heterocycles. The van der Waals surface area contributed by atoms with Gasteiger partial charge in [0.25, 0.3) is 0 Å². The van der Waals surface area contributed by atoms with E-state index < -0.39 is 11.7 Å². The highest BCUT2D eigenvalue weighted by atomic mass is 16.5. The topological polar surface area (TPSA) is 76.7 Å². The molecule has 1 unspecified atom stereocenters. The molecule has 3 heterocycles. The number of nitrogens with zero attached hydrogens (tertiary/aromatic N) is 2. The zero-order valence-electron chi connectivity index (χ0n) is 18.4. The maximum absolute atomic E-state index is 12.4. The van der Waals surface area contributed by atoms with E-state index in [-0.39, 0.29) is 12.6 Å². The molecule has 0 saturated heterocycles. The van der Waals surface area contributed by atoms with Crippen molar-refractivity contribution in [2.75, 3.05) is 18.5 Å². The van der Waals surface area contributed by atoms with E-state index in [0.29, 0.717) is 17.8 Å². The predicted octanol–water partition coefficient (Wildman–Crippen LogP) is 4.77. The lowest BCUT2D eigenvalue weighted by molar-refractivity contribution is 0.168. The zero-order valence-corrected chi connectivity index (χ0v) is 18.4. The molecule has 5 rings (SSSR count). The van der Waals surface area contributed by atoms with E-state index in [0.717, 1.165) is 24.0 Å². The van der Waals surface area contributed by atoms with Crippen LogP contribution in [0.15, 0.2) is 82.1 Å². The van der Waals surface area contributed by atoms with Crippen molar-refractivity contribution in [2.45, 2.75) is 26.1 Å². The molecule has 33 heavy (non-hydrogen) atoms. The van der Waals surface area contributed by atoms with Crippen molar-refractivity contribution in [1.82, 2.24) is 9.47 Å². The first-order valence-corrected chi connectivity index (χ1v) is 11.1. The average Bonchev–Trinajstić information content (AvgIpc) is 3.28. The van der Waals surface area contributed by atoms with Crippen LogP contribution < -0.4 is 10.9 Å². The van der Waals surface area contributed by atoms with Gasteiger partial charge in [-0.1, -0.05) is 30.3 Å². The van der Waals surface area contributed by atoms with Gasteiger partial charge in [-0.25, -0.2) is 9.59 Å². The summed E-state index contributed by atoms with van der Waals surface area (Å²) in [4.78, 5) is 26.5. The van der Waals surface area contributed by atoms with Gasteiger partial charge >= 0.3 is 11.7 Å². The van der Waals surface area contributed by atoms with Crippen molar-refractivity contribution in [1.29, 1.82) is 0 Å². The van der Waals surface area contributed by atoms with Gasteiger partial charge in [-0.3, -0.25) is 10.2 Å². The smallest absolute Gasteiger partial charge is 0.411 e. The Hall–Kier alpha value is -3.84. The number of amides is 1. The number of nitrogens with one attached hydrogen (secondary N) is 1. The molecule has 7 nitrogen and oxygen atoms in total. The van der Waals surface area contributed by atoms with E-state index >= 15 is 0 Å². The summed E-state index contributed by atoms with van der Waals surface area (Å²) in [5.74, 6) is 0. The number of benzene rings is 2. The molecule has 7 heteroatoms. The Morgan fingerprint density at radius 2 is 1.94 bits per heavy atom. The minimum Gasteiger partial charge on any atom is -0.450 e. The number of carbonyl (C=O) groups is 1. The van der Waals surface area contributed by atoms with Gasteiger partial charge in [0.1, 0.15) is 5.58 Å². The van der Waals surface area contributed by atoms with Gasteiger partial charge in [0.15, 0.2) is 0 Å². The van der Waals surface area contributed by atoms with Crippen molar-refractivity contribution in [3.63, 3.8) is 0 Å². The number of aromatic nitrogens is 1. The summed E-state index contributed by atoms with van der Waals surface area (Å²) in [6.45, 7) is 4.35. The summed E-state index contributed by atoms with van der Waals surface area (Å²) in [7, 11) is 0. The number of anilines is 1. The van der Waals surface area contributed by atoms with Crippen LogP contribution in [0.4, 0.5) is 10.5 Å². The lowest BCUT2D eigenvalue weighted by atomic mass is 9.98. The van der Waals surface area contributed by atoms with Crippen LogP contribution in [0.2, 0.25) is 0 Å². The number of ether oxygens (including phenoxy) is 1. The molecule has 0 radical (unpaired) electrons. The van der Waals surface area contributed by atoms with Gasteiger partial charge in [0.2, 0.25) is 0 Å². The Morgan fingerprint density at radius 3 is 2.76 bits per heavy atom. The molecular weight excluding hydrogens is 418 g/mol. The van der Waals surface area contributed by atoms with Crippen LogP contribution in [-0.2, 0) is 17.8 Å². The minimum absolute atomic E-state index is 0.0852. The third-order valence-electron chi connectivity index (χ3n) is 5.98. The van der Waals surface area contributed by atoms with E-state index in [1.54, 1.807) is 25.1 Å². The first-order chi connectivity index (χ1) is 16.1. The van der Waals surface area contributed by atoms with Crippen LogP contribution >= 0.6 is 0 Å². The lowest BCUT2D eigenvalue weighted by Gasteiger charge is -2.37. The molecule has 1 aliphatic rings. The van der Waals surface area contributed by atoms with Crippen LogP contribution in [0, 0.1) is 0 Å². The molecule has 1 aliphatic heterocycles. The molecular formula is C26H25N3O4. The Balaban J connectivity index is 1.50. The molecule has 0 bridgehead atoms. The number of hydrogen-bond acceptors (Lipinski definition) is 5. The van der Waals surface area contributed by atoms with Gasteiger partial charge < -0.3 is 13.7 Å². The van der Waals surface area contributed by atoms with E-state index in [1.165, 1.54) is 11.3 Å². The second kappa shape index (κ2) is 8.96. The fraction of sp³-hybridized carbons (Fsp3) is 0.231. The predicted molar refractivity (Wildman–Crippen MR) is 126 cm³/mol. The molecule has 168 valence electrons. The number of fused-ring (bicyclic) bond motifs is 2. The molecule has 1 amide bonds. The number of rotatable bonds is 5. The third-order valence-corrected chi connectivity index (χ3v) is 5.98. The highest BCUT2D eigenvalue weighted by molar-refractivity contribution is 5.90. The maximum atomic E-state index is 12.4. The fourth-order valence-electron chi connectivity index (χ4n) is 4.56. The van der Waals surface area contributed by atoms with Crippen molar-refractivity contribution < 1.29 is 13.9 Å². The molecule has 0 aliphatic carbocycles. The summed E-state index contributed by atoms with van der Waals surface area (Å²) >= 11 is 0. The van der Waals surface area contributed by atoms with Crippen LogP contribution in [-0.4, -0.2) is 28.7 Å². The Kier molecular flexibility index (Phi) is 5.71. The average molecular weight is 444 g/mol. The number of carbonyl (C=O) groups excluding carboxylic acids is 1. The first-order valence-electron chi connectivity index (χ1n) is 11.1. The summed E-state index contributed by atoms with van der Waals surface area (Å²) in [5.41, 5.74) is 3.88. The Morgan fingerprint density at radius 1 is 1.09 bits per heavy atom. The van der Waals surface area contributed by atoms with Gasteiger partial charge in [-0.05, 0) is 42.3 Å². The standard InChI is InChI=1S/C26H25N3O4/c1-2-32-26(31)27-20-10-11-21-19(15-24(30)33-23(21)16-20)17-29-14-13-28-12-6-9-22(28)25(29)18-7-4-3-5-8-18/h3-12,15-16,25H,2,13-14,17H2,1H3,(H,27,31). The summed E-state index contributed by atoms with van der Waals surface area (Å²) in [6, 6.07) is 21.6. The summed E-state index contributed by atoms with van der Waals surface area (Å²) < 4.78 is 12.7. The third kappa shape index (κ3) is 4.27. The summed E-state index contributed by atoms with van der Waals surface area (Å²) in [6.07, 6.45) is 1.57. The number of hydrogen-bond donors (Lipinski definition) is 1. The highest BCUT2D eigenvalue weighted by Crippen LogP contribution is 2.34. The van der Waals surface area contributed by atoms with Crippen molar-refractivity contribution in [3.05, 3.63) is 100 Å². The maximum Gasteiger partial charge on any atom is 0.411 e. The van der Waals surface area contributed by atoms with Crippen molar-refractivity contribution >= 4 is 22.7 Å². The van der Waals surface area contributed by atoms with Crippen LogP contribution in [0.5, 0.6) is 0 Å². The largest absolute Gasteiger partial charge is 0.450 e. The van der Waals surface area contributed by atoms with E-state index in [2.05, 4.69) is 57.4 Å². The van der Waals surface area contributed by atoms with Crippen molar-refractivity contribution in [2.24, 2.45) is 0 Å². The normalized spacial score (nSPS) is 15.8. The molecule has 2 aromatic carbocycles. The van der Waals surface area contributed by atoms with Crippen molar-refractivity contribution in [3.8, 4) is 0 Å². The van der Waals surface area contributed by atoms with Crippen LogP contribution in [0.3, 0.4) is 0 Å². The van der Waals surface area contributed by atoms with Crippen LogP contribution in [0.25, 0.3) is 11.0 Å². The highest BCUT2D eigenvalue weighted by Gasteiger charge is 2.29. The van der Waals surface area contributed by atoms with Gasteiger partial charge in [0, 0.05) is 54.7 Å². The molecule has 1 N–H and O–H groups in total. The molecule has 4 aromatic rings. The molecule has 0 spiro atoms. The van der Waals surface area contributed by atoms with E-state index in [4.69, 9.17) is 9.15 Å². The first kappa shape index (κ1) is 21.0. The van der Waals surface area contributed by atoms with Gasteiger partial charge in [0.05, 0.1) is 12.6 Å². The summed E-state index contributed by atoms with van der Waals surface area (Å²) in [5, 5.41) is 3.50. The van der Waals surface area contributed by atoms with Crippen LogP contribution in [0.1, 0.15) is 29.8 Å². The fourth-order valence-corrected chi connectivity index (χ4v) is 4.56. The Bertz CT molecular complexity index is 1340. The molecule has 1 atom stereocenters. The monoisotopic (exact) mass is 443 g/mol. The lowest BCUT2D eigenvalue weighted by Crippen LogP contribution is -2.38. The van der Waals surface area contributed by atoms with E-state index in [9.17, 15) is 9.59 Å². The minimum atomic E-state index is -0.544.